The van der Waals surface area contributed by atoms with Gasteiger partial charge in [0.05, 0.1) is 18.6 Å². The van der Waals surface area contributed by atoms with Crippen LogP contribution in [0.1, 0.15) is 19.8 Å². The van der Waals surface area contributed by atoms with Crippen molar-refractivity contribution in [1.82, 2.24) is 9.80 Å². The number of nitrogens with zero attached hydrogens (tertiary/aromatic N) is 2. The summed E-state index contributed by atoms with van der Waals surface area (Å²) in [6, 6.07) is -0.888. The SMILES string of the molecule is CCCCN1CC=CC23O[C@@H]4C=CCOC(=O)[C@@H]4[C@H]2C(=O)N(CCO)[C@@H]3C1=O. The maximum atomic E-state index is 13.5. The fourth-order valence-electron chi connectivity index (χ4n) is 4.91. The average molecular weight is 390 g/mol. The van der Waals surface area contributed by atoms with Crippen LogP contribution in [0.25, 0.3) is 0 Å². The minimum Gasteiger partial charge on any atom is -0.461 e. The number of hydrogen-bond acceptors (Lipinski definition) is 6. The summed E-state index contributed by atoms with van der Waals surface area (Å²) >= 11 is 0. The highest BCUT2D eigenvalue weighted by Gasteiger charge is 2.71. The summed E-state index contributed by atoms with van der Waals surface area (Å²) in [5, 5.41) is 9.51. The average Bonchev–Trinajstić information content (AvgIpc) is 2.97. The predicted molar refractivity (Wildman–Crippen MR) is 97.9 cm³/mol. The zero-order valence-corrected chi connectivity index (χ0v) is 16.0. The third kappa shape index (κ3) is 2.69. The van der Waals surface area contributed by atoms with E-state index in [-0.39, 0.29) is 31.6 Å². The Labute approximate surface area is 163 Å². The van der Waals surface area contributed by atoms with Crippen LogP contribution < -0.4 is 0 Å². The standard InChI is InChI=1S/C20H26N2O6/c1-2-3-8-21-9-5-7-20-15(14-13(28-20)6-4-12-27-19(14)26)17(24)22(10-11-23)16(20)18(21)25/h4-7,13-16,23H,2-3,8-12H2,1H3/t13-,14+,15+,16-,20?/m1/s1. The molecule has 2 amide bonds. The molecule has 28 heavy (non-hydrogen) atoms. The van der Waals surface area contributed by atoms with E-state index in [2.05, 4.69) is 6.92 Å². The molecular formula is C20H26N2O6. The van der Waals surface area contributed by atoms with Crippen molar-refractivity contribution in [3.8, 4) is 0 Å². The Morgan fingerprint density at radius 1 is 1.21 bits per heavy atom. The van der Waals surface area contributed by atoms with Crippen LogP contribution in [0.3, 0.4) is 0 Å². The van der Waals surface area contributed by atoms with Crippen LogP contribution in [0.5, 0.6) is 0 Å². The van der Waals surface area contributed by atoms with Gasteiger partial charge in [-0.05, 0) is 12.5 Å². The van der Waals surface area contributed by atoms with Crippen molar-refractivity contribution in [2.75, 3.05) is 32.8 Å². The number of ether oxygens (including phenoxy) is 2. The Balaban J connectivity index is 1.78. The predicted octanol–water partition coefficient (Wildman–Crippen LogP) is -0.129. The van der Waals surface area contributed by atoms with Crippen LogP contribution in [-0.2, 0) is 23.9 Å². The van der Waals surface area contributed by atoms with Crippen LogP contribution in [-0.4, -0.2) is 83.3 Å². The smallest absolute Gasteiger partial charge is 0.313 e. The summed E-state index contributed by atoms with van der Waals surface area (Å²) in [6.45, 7) is 2.98. The number of aliphatic hydroxyl groups excluding tert-OH is 1. The first-order valence-electron chi connectivity index (χ1n) is 9.94. The molecule has 2 fully saturated rings. The molecule has 2 saturated heterocycles. The van der Waals surface area contributed by atoms with Gasteiger partial charge in [-0.1, -0.05) is 31.6 Å². The van der Waals surface area contributed by atoms with Crippen molar-refractivity contribution < 1.29 is 29.0 Å². The van der Waals surface area contributed by atoms with E-state index in [0.717, 1.165) is 12.8 Å². The van der Waals surface area contributed by atoms with Gasteiger partial charge in [-0.25, -0.2) is 0 Å². The monoisotopic (exact) mass is 390 g/mol. The highest BCUT2D eigenvalue weighted by Crippen LogP contribution is 2.53. The van der Waals surface area contributed by atoms with Crippen LogP contribution >= 0.6 is 0 Å². The molecule has 0 aromatic heterocycles. The van der Waals surface area contributed by atoms with Gasteiger partial charge in [0.2, 0.25) is 11.8 Å². The number of fused-ring (bicyclic) bond motifs is 2. The number of aliphatic hydroxyl groups is 1. The Hall–Kier alpha value is -2.19. The molecular weight excluding hydrogens is 364 g/mol. The largest absolute Gasteiger partial charge is 0.461 e. The molecule has 8 heteroatoms. The van der Waals surface area contributed by atoms with Crippen molar-refractivity contribution in [2.45, 2.75) is 37.5 Å². The molecule has 4 heterocycles. The van der Waals surface area contributed by atoms with Gasteiger partial charge in [-0.2, -0.15) is 0 Å². The summed E-state index contributed by atoms with van der Waals surface area (Å²) in [7, 11) is 0. The first-order valence-corrected chi connectivity index (χ1v) is 9.94. The highest BCUT2D eigenvalue weighted by molar-refractivity contribution is 5.99. The molecule has 4 aliphatic heterocycles. The highest BCUT2D eigenvalue weighted by atomic mass is 16.6. The van der Waals surface area contributed by atoms with Crippen molar-refractivity contribution in [3.63, 3.8) is 0 Å². The van der Waals surface area contributed by atoms with Crippen LogP contribution in [0, 0.1) is 11.8 Å². The number of unbranched alkanes of at least 4 members (excludes halogenated alkanes) is 1. The first-order chi connectivity index (χ1) is 13.5. The molecule has 1 N–H and O–H groups in total. The van der Waals surface area contributed by atoms with Gasteiger partial charge in [0.25, 0.3) is 0 Å². The van der Waals surface area contributed by atoms with Gasteiger partial charge < -0.3 is 24.4 Å². The maximum absolute atomic E-state index is 13.5. The normalized spacial score (nSPS) is 36.7. The minimum absolute atomic E-state index is 0.0224. The molecule has 1 unspecified atom stereocenters. The maximum Gasteiger partial charge on any atom is 0.313 e. The molecule has 5 atom stereocenters. The van der Waals surface area contributed by atoms with Crippen molar-refractivity contribution >= 4 is 17.8 Å². The van der Waals surface area contributed by atoms with Crippen molar-refractivity contribution in [1.29, 1.82) is 0 Å². The number of carbonyl (C=O) groups excluding carboxylic acids is 3. The van der Waals surface area contributed by atoms with E-state index in [1.807, 2.05) is 6.08 Å². The molecule has 8 nitrogen and oxygen atoms in total. The Kier molecular flexibility index (Phi) is 5.01. The molecule has 1 spiro atoms. The molecule has 0 radical (unpaired) electrons. The zero-order chi connectivity index (χ0) is 19.9. The summed E-state index contributed by atoms with van der Waals surface area (Å²) in [6.07, 6.45) is 8.30. The van der Waals surface area contributed by atoms with Crippen LogP contribution in [0.15, 0.2) is 24.3 Å². The fraction of sp³-hybridized carbons (Fsp3) is 0.650. The van der Waals surface area contributed by atoms with Gasteiger partial charge in [-0.3, -0.25) is 14.4 Å². The van der Waals surface area contributed by atoms with E-state index in [4.69, 9.17) is 9.47 Å². The third-order valence-corrected chi connectivity index (χ3v) is 6.12. The van der Waals surface area contributed by atoms with Gasteiger partial charge in [0.1, 0.15) is 24.2 Å². The van der Waals surface area contributed by atoms with E-state index >= 15 is 0 Å². The van der Waals surface area contributed by atoms with Crippen molar-refractivity contribution in [3.05, 3.63) is 24.3 Å². The van der Waals surface area contributed by atoms with E-state index in [1.54, 1.807) is 23.1 Å². The third-order valence-electron chi connectivity index (χ3n) is 6.12. The second-order valence-corrected chi connectivity index (χ2v) is 7.70. The Morgan fingerprint density at radius 3 is 2.79 bits per heavy atom. The van der Waals surface area contributed by atoms with Crippen LogP contribution in [0.2, 0.25) is 0 Å². The first kappa shape index (κ1) is 19.1. The van der Waals surface area contributed by atoms with E-state index in [1.165, 1.54) is 4.90 Å². The second-order valence-electron chi connectivity index (χ2n) is 7.70. The minimum atomic E-state index is -1.22. The number of rotatable bonds is 5. The van der Waals surface area contributed by atoms with Crippen LogP contribution in [0.4, 0.5) is 0 Å². The fourth-order valence-corrected chi connectivity index (χ4v) is 4.91. The van der Waals surface area contributed by atoms with E-state index < -0.39 is 35.6 Å². The lowest BCUT2D eigenvalue weighted by molar-refractivity contribution is -0.153. The van der Waals surface area contributed by atoms with E-state index in [0.29, 0.717) is 13.1 Å². The second kappa shape index (κ2) is 7.33. The molecule has 0 saturated carbocycles. The lowest BCUT2D eigenvalue weighted by Gasteiger charge is -2.35. The number of carbonyl (C=O) groups is 3. The van der Waals surface area contributed by atoms with E-state index in [9.17, 15) is 19.5 Å². The molecule has 4 aliphatic rings. The number of hydrogen-bond donors (Lipinski definition) is 1. The molecule has 0 bridgehead atoms. The van der Waals surface area contributed by atoms with Crippen molar-refractivity contribution in [2.24, 2.45) is 11.8 Å². The Morgan fingerprint density at radius 2 is 2.04 bits per heavy atom. The summed E-state index contributed by atoms with van der Waals surface area (Å²) in [5.74, 6) is -2.65. The molecule has 0 aromatic rings. The lowest BCUT2D eigenvalue weighted by Crippen LogP contribution is -2.55. The molecule has 4 rings (SSSR count). The molecule has 0 aromatic carbocycles. The van der Waals surface area contributed by atoms with Gasteiger partial charge >= 0.3 is 5.97 Å². The van der Waals surface area contributed by atoms with Gasteiger partial charge in [0.15, 0.2) is 0 Å². The number of esters is 1. The topological polar surface area (TPSA) is 96.4 Å². The number of β-amino-alcohol motifs (C(OH)–C–C–N with tert-alkyl or cyclic N) is 1. The molecule has 152 valence electrons. The summed E-state index contributed by atoms with van der Waals surface area (Å²) in [4.78, 5) is 42.5. The number of cyclic esters (lactones) is 1. The lowest BCUT2D eigenvalue weighted by atomic mass is 9.78. The zero-order valence-electron chi connectivity index (χ0n) is 16.0. The summed E-state index contributed by atoms with van der Waals surface area (Å²) in [5.41, 5.74) is -1.22. The quantitative estimate of drug-likeness (QED) is 0.519. The van der Waals surface area contributed by atoms with Gasteiger partial charge in [-0.15, -0.1) is 0 Å². The Bertz CT molecular complexity index is 734. The number of likely N-dealkylation sites (tertiary alicyclic amines) is 1. The number of amides is 2. The molecule has 0 aliphatic carbocycles. The summed E-state index contributed by atoms with van der Waals surface area (Å²) < 4.78 is 11.5. The van der Waals surface area contributed by atoms with Gasteiger partial charge in [0, 0.05) is 19.6 Å².